The van der Waals surface area contributed by atoms with Crippen molar-refractivity contribution in [1.29, 1.82) is 0 Å². The Morgan fingerprint density at radius 3 is 2.74 bits per heavy atom. The highest BCUT2D eigenvalue weighted by molar-refractivity contribution is 9.10. The van der Waals surface area contributed by atoms with Crippen molar-refractivity contribution < 1.29 is 19.1 Å². The van der Waals surface area contributed by atoms with E-state index in [1.807, 2.05) is 0 Å². The van der Waals surface area contributed by atoms with Gasteiger partial charge in [0.2, 0.25) is 5.91 Å². The van der Waals surface area contributed by atoms with Crippen LogP contribution in [0.1, 0.15) is 11.1 Å². The number of aliphatic carboxylic acids is 1. The summed E-state index contributed by atoms with van der Waals surface area (Å²) >= 11 is 3.24. The first-order chi connectivity index (χ1) is 11.0. The summed E-state index contributed by atoms with van der Waals surface area (Å²) in [5, 5.41) is 11.7. The Kier molecular flexibility index (Phi) is 5.81. The SMILES string of the molecule is O=C(Cc1cccc(F)c1)N[C@H](Cc1cccnc1Br)C(=O)O. The van der Waals surface area contributed by atoms with E-state index < -0.39 is 23.7 Å². The maximum absolute atomic E-state index is 13.1. The van der Waals surface area contributed by atoms with Crippen molar-refractivity contribution in [2.75, 3.05) is 0 Å². The highest BCUT2D eigenvalue weighted by Crippen LogP contribution is 2.15. The van der Waals surface area contributed by atoms with Gasteiger partial charge in [-0.25, -0.2) is 14.2 Å². The zero-order valence-corrected chi connectivity index (χ0v) is 13.6. The number of nitrogens with zero attached hydrogens (tertiary/aromatic N) is 1. The zero-order chi connectivity index (χ0) is 16.8. The minimum absolute atomic E-state index is 0.0876. The monoisotopic (exact) mass is 380 g/mol. The van der Waals surface area contributed by atoms with E-state index in [-0.39, 0.29) is 12.8 Å². The molecule has 0 bridgehead atoms. The number of benzene rings is 1. The van der Waals surface area contributed by atoms with Crippen molar-refractivity contribution in [2.24, 2.45) is 0 Å². The maximum atomic E-state index is 13.1. The van der Waals surface area contributed by atoms with Crippen LogP contribution in [0.4, 0.5) is 4.39 Å². The fraction of sp³-hybridized carbons (Fsp3) is 0.188. The number of nitrogens with one attached hydrogen (secondary N) is 1. The fourth-order valence-electron chi connectivity index (χ4n) is 2.07. The van der Waals surface area contributed by atoms with Crippen molar-refractivity contribution in [3.8, 4) is 0 Å². The molecule has 23 heavy (non-hydrogen) atoms. The first-order valence-corrected chi connectivity index (χ1v) is 7.61. The lowest BCUT2D eigenvalue weighted by atomic mass is 10.1. The minimum Gasteiger partial charge on any atom is -0.480 e. The van der Waals surface area contributed by atoms with Crippen LogP contribution < -0.4 is 5.32 Å². The number of halogens is 2. The maximum Gasteiger partial charge on any atom is 0.326 e. The number of carboxylic acid groups (broad SMARTS) is 1. The summed E-state index contributed by atoms with van der Waals surface area (Å²) in [6.45, 7) is 0. The van der Waals surface area contributed by atoms with E-state index in [2.05, 4.69) is 26.2 Å². The summed E-state index contributed by atoms with van der Waals surface area (Å²) in [7, 11) is 0. The lowest BCUT2D eigenvalue weighted by Gasteiger charge is -2.15. The number of amides is 1. The smallest absolute Gasteiger partial charge is 0.326 e. The number of hydrogen-bond acceptors (Lipinski definition) is 3. The summed E-state index contributed by atoms with van der Waals surface area (Å²) < 4.78 is 13.6. The Bertz CT molecular complexity index is 724. The predicted octanol–water partition coefficient (Wildman–Crippen LogP) is 2.34. The Labute approximate surface area is 140 Å². The number of carbonyl (C=O) groups excluding carboxylic acids is 1. The van der Waals surface area contributed by atoms with E-state index in [0.29, 0.717) is 15.7 Å². The van der Waals surface area contributed by atoms with E-state index in [9.17, 15) is 19.1 Å². The molecular formula is C16H14BrFN2O3. The van der Waals surface area contributed by atoms with E-state index >= 15 is 0 Å². The van der Waals surface area contributed by atoms with Gasteiger partial charge in [0.25, 0.3) is 0 Å². The van der Waals surface area contributed by atoms with Crippen LogP contribution in [-0.2, 0) is 22.4 Å². The summed E-state index contributed by atoms with van der Waals surface area (Å²) in [6, 6.07) is 7.96. The zero-order valence-electron chi connectivity index (χ0n) is 12.0. The molecule has 0 aliphatic carbocycles. The van der Waals surface area contributed by atoms with Crippen LogP contribution in [0, 0.1) is 5.82 Å². The molecule has 2 rings (SSSR count). The molecular weight excluding hydrogens is 367 g/mol. The van der Waals surface area contributed by atoms with Crippen molar-refractivity contribution in [1.82, 2.24) is 10.3 Å². The van der Waals surface area contributed by atoms with Gasteiger partial charge < -0.3 is 10.4 Å². The van der Waals surface area contributed by atoms with Crippen LogP contribution in [0.15, 0.2) is 47.2 Å². The van der Waals surface area contributed by atoms with Gasteiger partial charge in [-0.05, 0) is 45.3 Å². The third kappa shape index (κ3) is 5.14. The Morgan fingerprint density at radius 2 is 2.09 bits per heavy atom. The van der Waals surface area contributed by atoms with E-state index in [0.717, 1.165) is 0 Å². The van der Waals surface area contributed by atoms with Crippen LogP contribution in [0.3, 0.4) is 0 Å². The largest absolute Gasteiger partial charge is 0.480 e. The molecule has 0 saturated carbocycles. The van der Waals surface area contributed by atoms with Gasteiger partial charge in [-0.15, -0.1) is 0 Å². The van der Waals surface area contributed by atoms with Crippen molar-refractivity contribution in [3.63, 3.8) is 0 Å². The number of rotatable bonds is 6. The van der Waals surface area contributed by atoms with E-state index in [1.165, 1.54) is 18.2 Å². The van der Waals surface area contributed by atoms with Crippen LogP contribution in [0.25, 0.3) is 0 Å². The quantitative estimate of drug-likeness (QED) is 0.753. The van der Waals surface area contributed by atoms with Crippen molar-refractivity contribution >= 4 is 27.8 Å². The van der Waals surface area contributed by atoms with Gasteiger partial charge in [-0.1, -0.05) is 18.2 Å². The van der Waals surface area contributed by atoms with Gasteiger partial charge in [0.05, 0.1) is 6.42 Å². The van der Waals surface area contributed by atoms with Crippen LogP contribution in [0.2, 0.25) is 0 Å². The van der Waals surface area contributed by atoms with Gasteiger partial charge in [0.15, 0.2) is 0 Å². The Hall–Kier alpha value is -2.28. The molecule has 0 spiro atoms. The number of pyridine rings is 1. The number of carboxylic acids is 1. The third-order valence-corrected chi connectivity index (χ3v) is 3.86. The molecule has 0 radical (unpaired) electrons. The van der Waals surface area contributed by atoms with Gasteiger partial charge in [0, 0.05) is 12.6 Å². The first kappa shape index (κ1) is 17.1. The summed E-state index contributed by atoms with van der Waals surface area (Å²) in [6.07, 6.45) is 1.58. The minimum atomic E-state index is -1.15. The predicted molar refractivity (Wildman–Crippen MR) is 85.3 cm³/mol. The van der Waals surface area contributed by atoms with Gasteiger partial charge >= 0.3 is 5.97 Å². The van der Waals surface area contributed by atoms with Crippen LogP contribution in [0.5, 0.6) is 0 Å². The molecule has 2 aromatic rings. The molecule has 1 amide bonds. The summed E-state index contributed by atoms with van der Waals surface area (Å²) in [5.74, 6) is -2.07. The molecule has 5 nitrogen and oxygen atoms in total. The molecule has 1 aromatic carbocycles. The average Bonchev–Trinajstić information content (AvgIpc) is 2.48. The second kappa shape index (κ2) is 7.82. The molecule has 7 heteroatoms. The lowest BCUT2D eigenvalue weighted by Crippen LogP contribution is -2.43. The molecule has 1 aromatic heterocycles. The van der Waals surface area contributed by atoms with Crippen LogP contribution >= 0.6 is 15.9 Å². The van der Waals surface area contributed by atoms with E-state index in [1.54, 1.807) is 24.4 Å². The van der Waals surface area contributed by atoms with E-state index in [4.69, 9.17) is 0 Å². The highest BCUT2D eigenvalue weighted by atomic mass is 79.9. The molecule has 0 fully saturated rings. The third-order valence-electron chi connectivity index (χ3n) is 3.15. The average molecular weight is 381 g/mol. The molecule has 1 atom stereocenters. The van der Waals surface area contributed by atoms with Crippen molar-refractivity contribution in [3.05, 3.63) is 64.1 Å². The lowest BCUT2D eigenvalue weighted by molar-refractivity contribution is -0.141. The molecule has 0 aliphatic rings. The topological polar surface area (TPSA) is 79.3 Å². The molecule has 0 unspecified atom stereocenters. The number of carbonyl (C=O) groups is 2. The molecule has 1 heterocycles. The van der Waals surface area contributed by atoms with Crippen molar-refractivity contribution in [2.45, 2.75) is 18.9 Å². The standard InChI is InChI=1S/C16H14BrFN2O3/c17-15-11(4-2-6-19-15)9-13(16(22)23)20-14(21)8-10-3-1-5-12(18)7-10/h1-7,13H,8-9H2,(H,20,21)(H,22,23)/t13-/m1/s1. The first-order valence-electron chi connectivity index (χ1n) is 6.81. The molecule has 0 aliphatic heterocycles. The number of aromatic nitrogens is 1. The second-order valence-electron chi connectivity index (χ2n) is 4.92. The van der Waals surface area contributed by atoms with Gasteiger partial charge in [-0.2, -0.15) is 0 Å². The normalized spacial score (nSPS) is 11.7. The Morgan fingerprint density at radius 1 is 1.30 bits per heavy atom. The molecule has 0 saturated heterocycles. The molecule has 2 N–H and O–H groups in total. The number of hydrogen-bond donors (Lipinski definition) is 2. The molecule has 120 valence electrons. The second-order valence-corrected chi connectivity index (χ2v) is 5.67. The van der Waals surface area contributed by atoms with Crippen LogP contribution in [-0.4, -0.2) is 28.0 Å². The van der Waals surface area contributed by atoms with Gasteiger partial charge in [-0.3, -0.25) is 4.79 Å². The Balaban J connectivity index is 2.03. The fourth-order valence-corrected chi connectivity index (χ4v) is 2.48. The summed E-state index contributed by atoms with van der Waals surface area (Å²) in [4.78, 5) is 27.4. The summed E-state index contributed by atoms with van der Waals surface area (Å²) in [5.41, 5.74) is 1.15. The van der Waals surface area contributed by atoms with Gasteiger partial charge in [0.1, 0.15) is 16.5 Å². The highest BCUT2D eigenvalue weighted by Gasteiger charge is 2.21.